The van der Waals surface area contributed by atoms with E-state index in [1.807, 2.05) is 47.5 Å². The van der Waals surface area contributed by atoms with E-state index in [1.165, 1.54) is 5.69 Å². The second kappa shape index (κ2) is 6.24. The highest BCUT2D eigenvalue weighted by atomic mass is 16.2. The molecular formula is C20H22N4O. The maximum Gasteiger partial charge on any atom is 0.272 e. The van der Waals surface area contributed by atoms with E-state index in [0.29, 0.717) is 5.69 Å². The van der Waals surface area contributed by atoms with E-state index in [4.69, 9.17) is 0 Å². The van der Waals surface area contributed by atoms with Crippen molar-refractivity contribution in [2.24, 2.45) is 0 Å². The number of amides is 1. The molecule has 4 rings (SSSR count). The first-order chi connectivity index (χ1) is 12.1. The molecular weight excluding hydrogens is 312 g/mol. The Hall–Kier alpha value is -2.82. The lowest BCUT2D eigenvalue weighted by molar-refractivity contribution is 0.0739. The summed E-state index contributed by atoms with van der Waals surface area (Å²) in [6.45, 7) is 7.10. The van der Waals surface area contributed by atoms with Crippen molar-refractivity contribution < 1.29 is 4.79 Å². The zero-order valence-electron chi connectivity index (χ0n) is 14.6. The number of fused-ring (bicyclic) bond motifs is 1. The number of nitrogens with zero attached hydrogens (tertiary/aromatic N) is 4. The summed E-state index contributed by atoms with van der Waals surface area (Å²) in [5.41, 5.74) is 4.65. The van der Waals surface area contributed by atoms with Crippen LogP contribution in [-0.4, -0.2) is 46.4 Å². The zero-order valence-corrected chi connectivity index (χ0v) is 14.6. The topological polar surface area (TPSA) is 40.9 Å². The maximum atomic E-state index is 13.1. The Labute approximate surface area is 147 Å². The molecule has 1 fully saturated rings. The number of hydrogen-bond donors (Lipinski definition) is 0. The lowest BCUT2D eigenvalue weighted by atomic mass is 10.2. The predicted molar refractivity (Wildman–Crippen MR) is 99.2 cm³/mol. The third-order valence-electron chi connectivity index (χ3n) is 4.91. The number of benzene rings is 1. The molecule has 25 heavy (non-hydrogen) atoms. The van der Waals surface area contributed by atoms with Gasteiger partial charge in [0.1, 0.15) is 11.3 Å². The molecule has 1 aromatic carbocycles. The number of imidazole rings is 1. The van der Waals surface area contributed by atoms with Crippen LogP contribution in [0.5, 0.6) is 0 Å². The molecule has 1 aliphatic rings. The molecule has 1 aliphatic heterocycles. The molecule has 128 valence electrons. The number of aromatic nitrogens is 2. The van der Waals surface area contributed by atoms with Gasteiger partial charge in [-0.3, -0.25) is 9.20 Å². The Kier molecular flexibility index (Phi) is 3.92. The number of carbonyl (C=O) groups is 1. The van der Waals surface area contributed by atoms with Gasteiger partial charge in [0, 0.05) is 38.1 Å². The van der Waals surface area contributed by atoms with Gasteiger partial charge >= 0.3 is 0 Å². The highest BCUT2D eigenvalue weighted by molar-refractivity contribution is 5.95. The molecule has 5 nitrogen and oxygen atoms in total. The summed E-state index contributed by atoms with van der Waals surface area (Å²) in [6, 6.07) is 14.4. The van der Waals surface area contributed by atoms with Gasteiger partial charge in [-0.2, -0.15) is 0 Å². The first kappa shape index (κ1) is 15.7. The average Bonchev–Trinajstić information content (AvgIpc) is 2.99. The fourth-order valence-electron chi connectivity index (χ4n) is 3.53. The van der Waals surface area contributed by atoms with Crippen LogP contribution < -0.4 is 4.90 Å². The van der Waals surface area contributed by atoms with Crippen LogP contribution in [0.25, 0.3) is 5.65 Å². The van der Waals surface area contributed by atoms with Gasteiger partial charge in [0.15, 0.2) is 0 Å². The van der Waals surface area contributed by atoms with Crippen LogP contribution in [0.2, 0.25) is 0 Å². The second-order valence-corrected chi connectivity index (χ2v) is 6.55. The second-order valence-electron chi connectivity index (χ2n) is 6.55. The van der Waals surface area contributed by atoms with Crippen molar-refractivity contribution in [3.8, 4) is 0 Å². The number of aryl methyl sites for hydroxylation is 2. The molecule has 2 aromatic heterocycles. The number of piperazine rings is 1. The van der Waals surface area contributed by atoms with Gasteiger partial charge in [0.05, 0.1) is 5.69 Å². The molecule has 0 saturated carbocycles. The van der Waals surface area contributed by atoms with E-state index in [0.717, 1.165) is 43.1 Å². The summed E-state index contributed by atoms with van der Waals surface area (Å²) in [5, 5.41) is 0. The van der Waals surface area contributed by atoms with Crippen LogP contribution in [-0.2, 0) is 0 Å². The number of anilines is 1. The highest BCUT2D eigenvalue weighted by Gasteiger charge is 2.26. The highest BCUT2D eigenvalue weighted by Crippen LogP contribution is 2.20. The summed E-state index contributed by atoms with van der Waals surface area (Å²) in [6.07, 6.45) is 1.93. The first-order valence-electron chi connectivity index (χ1n) is 8.68. The number of para-hydroxylation sites is 1. The van der Waals surface area contributed by atoms with Crippen LogP contribution in [0.1, 0.15) is 21.7 Å². The van der Waals surface area contributed by atoms with Crippen molar-refractivity contribution in [2.45, 2.75) is 13.8 Å². The van der Waals surface area contributed by atoms with Crippen LogP contribution in [0, 0.1) is 13.8 Å². The minimum Gasteiger partial charge on any atom is -0.368 e. The maximum absolute atomic E-state index is 13.1. The van der Waals surface area contributed by atoms with Gasteiger partial charge in [0.2, 0.25) is 0 Å². The van der Waals surface area contributed by atoms with Crippen molar-refractivity contribution in [3.05, 3.63) is 65.6 Å². The van der Waals surface area contributed by atoms with E-state index in [-0.39, 0.29) is 5.91 Å². The Morgan fingerprint density at radius 1 is 0.960 bits per heavy atom. The van der Waals surface area contributed by atoms with Gasteiger partial charge in [-0.15, -0.1) is 0 Å². The molecule has 3 aromatic rings. The van der Waals surface area contributed by atoms with Crippen molar-refractivity contribution in [1.29, 1.82) is 0 Å². The summed E-state index contributed by atoms with van der Waals surface area (Å²) in [4.78, 5) is 22.0. The normalized spacial score (nSPS) is 15.0. The largest absolute Gasteiger partial charge is 0.368 e. The average molecular weight is 334 g/mol. The van der Waals surface area contributed by atoms with Gasteiger partial charge in [-0.25, -0.2) is 4.98 Å². The van der Waals surface area contributed by atoms with Crippen molar-refractivity contribution in [2.75, 3.05) is 31.1 Å². The van der Waals surface area contributed by atoms with Crippen LogP contribution >= 0.6 is 0 Å². The van der Waals surface area contributed by atoms with E-state index >= 15 is 0 Å². The van der Waals surface area contributed by atoms with Crippen LogP contribution in [0.15, 0.2) is 48.7 Å². The first-order valence-corrected chi connectivity index (χ1v) is 8.68. The molecule has 0 bridgehead atoms. The Morgan fingerprint density at radius 3 is 2.40 bits per heavy atom. The summed E-state index contributed by atoms with van der Waals surface area (Å²) < 4.78 is 1.93. The molecule has 0 unspecified atom stereocenters. The minimum absolute atomic E-state index is 0.0725. The van der Waals surface area contributed by atoms with E-state index in [2.05, 4.69) is 34.1 Å². The lowest BCUT2D eigenvalue weighted by Crippen LogP contribution is -2.49. The number of carbonyl (C=O) groups excluding carboxylic acids is 1. The number of hydrogen-bond acceptors (Lipinski definition) is 3. The smallest absolute Gasteiger partial charge is 0.272 e. The Morgan fingerprint density at radius 2 is 1.68 bits per heavy atom. The molecule has 5 heteroatoms. The molecule has 0 radical (unpaired) electrons. The Bertz CT molecular complexity index is 908. The van der Waals surface area contributed by atoms with Gasteiger partial charge in [0.25, 0.3) is 5.91 Å². The van der Waals surface area contributed by atoms with Crippen LogP contribution in [0.3, 0.4) is 0 Å². The van der Waals surface area contributed by atoms with E-state index in [9.17, 15) is 4.79 Å². The summed E-state index contributed by atoms with van der Waals surface area (Å²) in [5.74, 6) is 0.0725. The minimum atomic E-state index is 0.0725. The Balaban J connectivity index is 1.55. The molecule has 1 amide bonds. The fraction of sp³-hybridized carbons (Fsp3) is 0.300. The van der Waals surface area contributed by atoms with Gasteiger partial charge in [-0.1, -0.05) is 24.3 Å². The quantitative estimate of drug-likeness (QED) is 0.723. The third kappa shape index (κ3) is 2.76. The fourth-order valence-corrected chi connectivity index (χ4v) is 3.53. The number of rotatable bonds is 2. The van der Waals surface area contributed by atoms with Crippen molar-refractivity contribution in [3.63, 3.8) is 0 Å². The molecule has 0 spiro atoms. The monoisotopic (exact) mass is 334 g/mol. The lowest BCUT2D eigenvalue weighted by Gasteiger charge is -2.36. The molecule has 1 saturated heterocycles. The standard InChI is InChI=1S/C20H22N4O/c1-15-7-6-10-24-18(16(2)21-19(15)24)20(25)23-13-11-22(12-14-23)17-8-4-3-5-9-17/h3-10H,11-14H2,1-2H3. The van der Waals surface area contributed by atoms with Crippen molar-refractivity contribution in [1.82, 2.24) is 14.3 Å². The SMILES string of the molecule is Cc1nc2c(C)cccn2c1C(=O)N1CCN(c2ccccc2)CC1. The van der Waals surface area contributed by atoms with Crippen LogP contribution in [0.4, 0.5) is 5.69 Å². The van der Waals surface area contributed by atoms with E-state index in [1.54, 1.807) is 0 Å². The molecule has 3 heterocycles. The van der Waals surface area contributed by atoms with Gasteiger partial charge in [-0.05, 0) is 37.6 Å². The summed E-state index contributed by atoms with van der Waals surface area (Å²) in [7, 11) is 0. The van der Waals surface area contributed by atoms with E-state index < -0.39 is 0 Å². The summed E-state index contributed by atoms with van der Waals surface area (Å²) >= 11 is 0. The molecule has 0 atom stereocenters. The molecule has 0 aliphatic carbocycles. The van der Waals surface area contributed by atoms with Crippen molar-refractivity contribution >= 4 is 17.2 Å². The zero-order chi connectivity index (χ0) is 17.4. The molecule has 0 N–H and O–H groups in total. The third-order valence-corrected chi connectivity index (χ3v) is 4.91. The number of pyridine rings is 1. The van der Waals surface area contributed by atoms with Gasteiger partial charge < -0.3 is 9.80 Å². The predicted octanol–water partition coefficient (Wildman–Crippen LogP) is 2.91.